The molecule has 184 valence electrons. The monoisotopic (exact) mass is 471 g/mol. The standard InChI is InChI=1S/C31H37NO3/c1-2-3-7-30(24-12-18-29(19-13-24)35-23-22-32-20-5-4-6-21-32)31(25-8-14-27(33)15-9-25)26-10-16-28(34)17-11-26/h8-19,33-34H,2-7,20-23H2,1H3. The van der Waals surface area contributed by atoms with Crippen molar-refractivity contribution in [3.05, 3.63) is 89.5 Å². The van der Waals surface area contributed by atoms with Gasteiger partial charge < -0.3 is 14.9 Å². The molecule has 3 aromatic rings. The second kappa shape index (κ2) is 12.5. The van der Waals surface area contributed by atoms with Crippen LogP contribution in [0.1, 0.15) is 62.1 Å². The molecule has 0 amide bonds. The van der Waals surface area contributed by atoms with E-state index >= 15 is 0 Å². The first-order chi connectivity index (χ1) is 17.1. The fraction of sp³-hybridized carbons (Fsp3) is 0.355. The molecule has 0 spiro atoms. The van der Waals surface area contributed by atoms with Crippen LogP contribution < -0.4 is 4.74 Å². The van der Waals surface area contributed by atoms with Crippen LogP contribution in [-0.4, -0.2) is 41.4 Å². The van der Waals surface area contributed by atoms with Crippen LogP contribution in [0.2, 0.25) is 0 Å². The summed E-state index contributed by atoms with van der Waals surface area (Å²) in [6.45, 7) is 6.27. The number of aromatic hydroxyl groups is 2. The number of nitrogens with zero attached hydrogens (tertiary/aromatic N) is 1. The van der Waals surface area contributed by atoms with Crippen molar-refractivity contribution in [2.24, 2.45) is 0 Å². The molecule has 1 saturated heterocycles. The molecule has 4 rings (SSSR count). The maximum absolute atomic E-state index is 9.86. The molecule has 0 aliphatic carbocycles. The Hall–Kier alpha value is -3.24. The molecular weight excluding hydrogens is 434 g/mol. The van der Waals surface area contributed by atoms with Crippen molar-refractivity contribution in [1.29, 1.82) is 0 Å². The van der Waals surface area contributed by atoms with Crippen LogP contribution in [0.15, 0.2) is 72.8 Å². The molecule has 4 nitrogen and oxygen atoms in total. The van der Waals surface area contributed by atoms with E-state index in [-0.39, 0.29) is 11.5 Å². The van der Waals surface area contributed by atoms with Crippen LogP contribution in [0, 0.1) is 0 Å². The van der Waals surface area contributed by atoms with Gasteiger partial charge in [0.25, 0.3) is 0 Å². The highest BCUT2D eigenvalue weighted by atomic mass is 16.5. The Kier molecular flexibility index (Phi) is 8.85. The van der Waals surface area contributed by atoms with Gasteiger partial charge in [-0.3, -0.25) is 4.90 Å². The fourth-order valence-corrected chi connectivity index (χ4v) is 4.77. The Morgan fingerprint density at radius 2 is 1.29 bits per heavy atom. The van der Waals surface area contributed by atoms with Gasteiger partial charge in [-0.25, -0.2) is 0 Å². The largest absolute Gasteiger partial charge is 0.508 e. The number of allylic oxidation sites excluding steroid dienone is 1. The van der Waals surface area contributed by atoms with E-state index < -0.39 is 0 Å². The minimum atomic E-state index is 0.250. The number of benzene rings is 3. The Morgan fingerprint density at radius 3 is 1.83 bits per heavy atom. The lowest BCUT2D eigenvalue weighted by molar-refractivity contribution is 0.183. The first-order valence-electron chi connectivity index (χ1n) is 12.9. The summed E-state index contributed by atoms with van der Waals surface area (Å²) in [5.41, 5.74) is 5.63. The van der Waals surface area contributed by atoms with Crippen molar-refractivity contribution in [1.82, 2.24) is 4.90 Å². The zero-order valence-electron chi connectivity index (χ0n) is 20.7. The Bertz CT molecular complexity index is 1030. The van der Waals surface area contributed by atoms with Crippen molar-refractivity contribution < 1.29 is 14.9 Å². The smallest absolute Gasteiger partial charge is 0.119 e. The van der Waals surface area contributed by atoms with Gasteiger partial charge >= 0.3 is 0 Å². The van der Waals surface area contributed by atoms with Crippen LogP contribution >= 0.6 is 0 Å². The first kappa shape index (κ1) is 24.9. The zero-order chi connectivity index (χ0) is 24.5. The van der Waals surface area contributed by atoms with Gasteiger partial charge in [0.2, 0.25) is 0 Å². The van der Waals surface area contributed by atoms with E-state index in [0.29, 0.717) is 6.61 Å². The summed E-state index contributed by atoms with van der Waals surface area (Å²) >= 11 is 0. The first-order valence-corrected chi connectivity index (χ1v) is 12.9. The van der Waals surface area contributed by atoms with E-state index in [0.717, 1.165) is 53.8 Å². The van der Waals surface area contributed by atoms with Gasteiger partial charge in [0.1, 0.15) is 23.9 Å². The Labute approximate surface area is 209 Å². The molecule has 1 aliphatic rings. The average molecular weight is 472 g/mol. The summed E-state index contributed by atoms with van der Waals surface area (Å²) in [5, 5.41) is 19.7. The maximum Gasteiger partial charge on any atom is 0.119 e. The molecule has 0 saturated carbocycles. The highest BCUT2D eigenvalue weighted by molar-refractivity contribution is 5.98. The average Bonchev–Trinajstić information content (AvgIpc) is 2.89. The lowest BCUT2D eigenvalue weighted by Gasteiger charge is -2.26. The number of hydrogen-bond acceptors (Lipinski definition) is 4. The molecule has 2 N–H and O–H groups in total. The molecule has 1 fully saturated rings. The third-order valence-electron chi connectivity index (χ3n) is 6.72. The van der Waals surface area contributed by atoms with E-state index in [4.69, 9.17) is 4.74 Å². The number of hydrogen-bond donors (Lipinski definition) is 2. The lowest BCUT2D eigenvalue weighted by atomic mass is 9.87. The van der Waals surface area contributed by atoms with Crippen LogP contribution in [0.3, 0.4) is 0 Å². The second-order valence-corrected chi connectivity index (χ2v) is 9.33. The fourth-order valence-electron chi connectivity index (χ4n) is 4.77. The second-order valence-electron chi connectivity index (χ2n) is 9.33. The van der Waals surface area contributed by atoms with Crippen molar-refractivity contribution >= 4 is 11.1 Å². The predicted molar refractivity (Wildman–Crippen MR) is 144 cm³/mol. The normalized spacial score (nSPS) is 14.0. The molecule has 4 heteroatoms. The molecule has 1 heterocycles. The molecule has 0 atom stereocenters. The number of likely N-dealkylation sites (tertiary alicyclic amines) is 1. The van der Waals surface area contributed by atoms with Crippen molar-refractivity contribution in [3.8, 4) is 17.2 Å². The van der Waals surface area contributed by atoms with Crippen molar-refractivity contribution in [3.63, 3.8) is 0 Å². The quantitative estimate of drug-likeness (QED) is 0.309. The van der Waals surface area contributed by atoms with Gasteiger partial charge in [-0.1, -0.05) is 56.2 Å². The van der Waals surface area contributed by atoms with Crippen LogP contribution in [0.4, 0.5) is 0 Å². The maximum atomic E-state index is 9.86. The van der Waals surface area contributed by atoms with Crippen molar-refractivity contribution in [2.75, 3.05) is 26.2 Å². The molecule has 0 unspecified atom stereocenters. The van der Waals surface area contributed by atoms with E-state index in [1.165, 1.54) is 37.9 Å². The molecule has 3 aromatic carbocycles. The molecule has 0 radical (unpaired) electrons. The number of phenolic OH excluding ortho intramolecular Hbond substituents is 2. The lowest BCUT2D eigenvalue weighted by Crippen LogP contribution is -2.33. The SMILES string of the molecule is CCCCC(=C(c1ccc(O)cc1)c1ccc(O)cc1)c1ccc(OCCN2CCCCC2)cc1. The highest BCUT2D eigenvalue weighted by Crippen LogP contribution is 2.37. The minimum absolute atomic E-state index is 0.250. The topological polar surface area (TPSA) is 52.9 Å². The number of unbranched alkanes of at least 4 members (excludes halogenated alkanes) is 1. The van der Waals surface area contributed by atoms with Crippen LogP contribution in [0.25, 0.3) is 11.1 Å². The van der Waals surface area contributed by atoms with E-state index in [1.54, 1.807) is 24.3 Å². The summed E-state index contributed by atoms with van der Waals surface area (Å²) in [6.07, 6.45) is 7.05. The summed E-state index contributed by atoms with van der Waals surface area (Å²) in [4.78, 5) is 2.49. The summed E-state index contributed by atoms with van der Waals surface area (Å²) < 4.78 is 6.07. The minimum Gasteiger partial charge on any atom is -0.508 e. The van der Waals surface area contributed by atoms with Gasteiger partial charge in [0.05, 0.1) is 0 Å². The highest BCUT2D eigenvalue weighted by Gasteiger charge is 2.15. The summed E-state index contributed by atoms with van der Waals surface area (Å²) in [5.74, 6) is 1.40. The van der Waals surface area contributed by atoms with Gasteiger partial charge in [-0.2, -0.15) is 0 Å². The van der Waals surface area contributed by atoms with E-state index in [9.17, 15) is 10.2 Å². The van der Waals surface area contributed by atoms with Crippen molar-refractivity contribution in [2.45, 2.75) is 45.4 Å². The van der Waals surface area contributed by atoms with Crippen LogP contribution in [-0.2, 0) is 0 Å². The molecule has 35 heavy (non-hydrogen) atoms. The van der Waals surface area contributed by atoms with Gasteiger partial charge in [0.15, 0.2) is 0 Å². The molecule has 0 aromatic heterocycles. The molecular formula is C31H37NO3. The Morgan fingerprint density at radius 1 is 0.743 bits per heavy atom. The summed E-state index contributed by atoms with van der Waals surface area (Å²) in [6, 6.07) is 23.2. The third-order valence-corrected chi connectivity index (χ3v) is 6.72. The molecule has 0 bridgehead atoms. The third kappa shape index (κ3) is 6.89. The number of ether oxygens (including phenoxy) is 1. The van der Waals surface area contributed by atoms with E-state index in [1.807, 2.05) is 24.3 Å². The predicted octanol–water partition coefficient (Wildman–Crippen LogP) is 7.11. The Balaban J connectivity index is 1.63. The van der Waals surface area contributed by atoms with Gasteiger partial charge in [0, 0.05) is 6.54 Å². The van der Waals surface area contributed by atoms with Crippen LogP contribution in [0.5, 0.6) is 17.2 Å². The zero-order valence-corrected chi connectivity index (χ0v) is 20.7. The van der Waals surface area contributed by atoms with E-state index in [2.05, 4.69) is 36.1 Å². The number of phenols is 2. The molecule has 1 aliphatic heterocycles. The summed E-state index contributed by atoms with van der Waals surface area (Å²) in [7, 11) is 0. The number of rotatable bonds is 10. The van der Waals surface area contributed by atoms with Gasteiger partial charge in [-0.15, -0.1) is 0 Å². The van der Waals surface area contributed by atoms with Gasteiger partial charge in [-0.05, 0) is 103 Å². The number of piperidine rings is 1.